The van der Waals surface area contributed by atoms with Gasteiger partial charge in [-0.05, 0) is 43.9 Å². The zero-order chi connectivity index (χ0) is 15.1. The van der Waals surface area contributed by atoms with Gasteiger partial charge in [0.2, 0.25) is 0 Å². The standard InChI is InChI=1S/C16H24N2O2S/c17-16(21)14-4-1-5-15(11-14)20-10-8-18-7-2-3-13(12-18)6-9-19/h1,4-5,11,13,19H,2-3,6-10,12H2,(H2,17,21). The molecule has 1 aromatic carbocycles. The lowest BCUT2D eigenvalue weighted by Gasteiger charge is -2.32. The van der Waals surface area contributed by atoms with Crippen LogP contribution in [0, 0.1) is 5.92 Å². The van der Waals surface area contributed by atoms with Gasteiger partial charge in [0.1, 0.15) is 17.3 Å². The van der Waals surface area contributed by atoms with E-state index < -0.39 is 0 Å². The first-order valence-corrected chi connectivity index (χ1v) is 7.95. The fourth-order valence-electron chi connectivity index (χ4n) is 2.80. The van der Waals surface area contributed by atoms with Crippen LogP contribution in [0.2, 0.25) is 0 Å². The van der Waals surface area contributed by atoms with Crippen LogP contribution in [-0.2, 0) is 0 Å². The number of thiocarbonyl (C=S) groups is 1. The number of rotatable bonds is 7. The lowest BCUT2D eigenvalue weighted by atomic mass is 9.95. The topological polar surface area (TPSA) is 58.7 Å². The quantitative estimate of drug-likeness (QED) is 0.752. The van der Waals surface area contributed by atoms with Crippen LogP contribution in [0.1, 0.15) is 24.8 Å². The van der Waals surface area contributed by atoms with Crippen LogP contribution in [0.4, 0.5) is 0 Å². The van der Waals surface area contributed by atoms with Gasteiger partial charge < -0.3 is 15.6 Å². The van der Waals surface area contributed by atoms with Gasteiger partial charge in [-0.3, -0.25) is 4.90 Å². The van der Waals surface area contributed by atoms with Crippen LogP contribution in [0.5, 0.6) is 5.75 Å². The number of nitrogens with two attached hydrogens (primary N) is 1. The molecule has 21 heavy (non-hydrogen) atoms. The Bertz CT molecular complexity index is 465. The van der Waals surface area contributed by atoms with Crippen molar-refractivity contribution in [2.45, 2.75) is 19.3 Å². The van der Waals surface area contributed by atoms with Gasteiger partial charge in [0.25, 0.3) is 0 Å². The molecule has 0 aromatic heterocycles. The van der Waals surface area contributed by atoms with Crippen molar-refractivity contribution in [3.8, 4) is 5.75 Å². The second-order valence-corrected chi connectivity index (χ2v) is 6.00. The monoisotopic (exact) mass is 308 g/mol. The molecule has 1 atom stereocenters. The predicted molar refractivity (Wildman–Crippen MR) is 88.7 cm³/mol. The minimum absolute atomic E-state index is 0.292. The van der Waals surface area contributed by atoms with E-state index in [1.807, 2.05) is 24.3 Å². The maximum atomic E-state index is 9.04. The van der Waals surface area contributed by atoms with Gasteiger partial charge in [-0.25, -0.2) is 0 Å². The van der Waals surface area contributed by atoms with Crippen LogP contribution in [-0.4, -0.2) is 47.8 Å². The molecule has 0 aliphatic carbocycles. The maximum Gasteiger partial charge on any atom is 0.120 e. The molecule has 1 unspecified atom stereocenters. The Balaban J connectivity index is 1.76. The summed E-state index contributed by atoms with van der Waals surface area (Å²) in [5.74, 6) is 1.44. The zero-order valence-corrected chi connectivity index (χ0v) is 13.1. The number of aliphatic hydroxyl groups is 1. The summed E-state index contributed by atoms with van der Waals surface area (Å²) in [5, 5.41) is 9.04. The summed E-state index contributed by atoms with van der Waals surface area (Å²) in [6.07, 6.45) is 3.35. The Morgan fingerprint density at radius 3 is 3.10 bits per heavy atom. The number of hydrogen-bond donors (Lipinski definition) is 2. The molecule has 3 N–H and O–H groups in total. The highest BCUT2D eigenvalue weighted by atomic mass is 32.1. The summed E-state index contributed by atoms with van der Waals surface area (Å²) >= 11 is 4.97. The number of ether oxygens (including phenoxy) is 1. The number of piperidine rings is 1. The van der Waals surface area contributed by atoms with E-state index in [0.717, 1.165) is 37.4 Å². The molecular weight excluding hydrogens is 284 g/mol. The normalized spacial score (nSPS) is 19.4. The predicted octanol–water partition coefficient (Wildman–Crippen LogP) is 1.79. The summed E-state index contributed by atoms with van der Waals surface area (Å²) < 4.78 is 5.79. The van der Waals surface area contributed by atoms with Gasteiger partial charge in [-0.1, -0.05) is 24.4 Å². The van der Waals surface area contributed by atoms with Gasteiger partial charge in [0.05, 0.1) is 0 Å². The van der Waals surface area contributed by atoms with Crippen LogP contribution < -0.4 is 10.5 Å². The van der Waals surface area contributed by atoms with Gasteiger partial charge in [0, 0.05) is 25.3 Å². The smallest absolute Gasteiger partial charge is 0.120 e. The van der Waals surface area contributed by atoms with E-state index in [-0.39, 0.29) is 0 Å². The van der Waals surface area contributed by atoms with E-state index in [9.17, 15) is 0 Å². The Morgan fingerprint density at radius 1 is 1.48 bits per heavy atom. The van der Waals surface area contributed by atoms with Crippen molar-refractivity contribution in [3.63, 3.8) is 0 Å². The summed E-state index contributed by atoms with van der Waals surface area (Å²) in [6, 6.07) is 7.60. The molecule has 1 aliphatic rings. The van der Waals surface area contributed by atoms with E-state index in [1.54, 1.807) is 0 Å². The maximum absolute atomic E-state index is 9.04. The summed E-state index contributed by atoms with van der Waals surface area (Å²) in [4.78, 5) is 2.81. The third-order valence-corrected chi connectivity index (χ3v) is 4.17. The van der Waals surface area contributed by atoms with E-state index in [1.165, 1.54) is 12.8 Å². The third kappa shape index (κ3) is 5.26. The molecule has 4 nitrogen and oxygen atoms in total. The minimum atomic E-state index is 0.292. The van der Waals surface area contributed by atoms with E-state index in [0.29, 0.717) is 24.1 Å². The molecule has 2 rings (SSSR count). The summed E-state index contributed by atoms with van der Waals surface area (Å²) in [6.45, 7) is 4.06. The molecule has 116 valence electrons. The second-order valence-electron chi connectivity index (χ2n) is 5.56. The number of nitrogens with zero attached hydrogens (tertiary/aromatic N) is 1. The molecule has 1 fully saturated rings. The van der Waals surface area contributed by atoms with Crippen molar-refractivity contribution < 1.29 is 9.84 Å². The SMILES string of the molecule is NC(=S)c1cccc(OCCN2CCCC(CCO)C2)c1. The van der Waals surface area contributed by atoms with Crippen molar-refractivity contribution in [2.24, 2.45) is 11.7 Å². The molecule has 0 radical (unpaired) electrons. The molecule has 0 amide bonds. The van der Waals surface area contributed by atoms with Gasteiger partial charge in [-0.15, -0.1) is 0 Å². The molecule has 1 heterocycles. The fourth-order valence-corrected chi connectivity index (χ4v) is 2.93. The van der Waals surface area contributed by atoms with Gasteiger partial charge in [0.15, 0.2) is 0 Å². The zero-order valence-electron chi connectivity index (χ0n) is 12.3. The first kappa shape index (κ1) is 16.2. The number of hydrogen-bond acceptors (Lipinski definition) is 4. The van der Waals surface area contributed by atoms with E-state index in [4.69, 9.17) is 27.8 Å². The molecule has 1 saturated heterocycles. The fraction of sp³-hybridized carbons (Fsp3) is 0.562. The van der Waals surface area contributed by atoms with Gasteiger partial charge in [-0.2, -0.15) is 0 Å². The highest BCUT2D eigenvalue weighted by Gasteiger charge is 2.19. The third-order valence-electron chi connectivity index (χ3n) is 3.94. The van der Waals surface area contributed by atoms with Crippen molar-refractivity contribution in [3.05, 3.63) is 29.8 Å². The first-order chi connectivity index (χ1) is 10.2. The van der Waals surface area contributed by atoms with Crippen LogP contribution in [0.15, 0.2) is 24.3 Å². The first-order valence-electron chi connectivity index (χ1n) is 7.55. The average molecular weight is 308 g/mol. The van der Waals surface area contributed by atoms with Crippen LogP contribution in [0.3, 0.4) is 0 Å². The molecule has 1 aliphatic heterocycles. The molecule has 0 bridgehead atoms. The van der Waals surface area contributed by atoms with Crippen molar-refractivity contribution in [1.29, 1.82) is 0 Å². The molecule has 0 spiro atoms. The highest BCUT2D eigenvalue weighted by Crippen LogP contribution is 2.19. The Kier molecular flexibility index (Phi) is 6.42. The van der Waals surface area contributed by atoms with E-state index in [2.05, 4.69) is 4.90 Å². The van der Waals surface area contributed by atoms with Crippen molar-refractivity contribution >= 4 is 17.2 Å². The molecular formula is C16H24N2O2S. The number of likely N-dealkylation sites (tertiary alicyclic amines) is 1. The Labute approximate surface area is 131 Å². The second kappa shape index (κ2) is 8.32. The van der Waals surface area contributed by atoms with Crippen molar-refractivity contribution in [2.75, 3.05) is 32.8 Å². The molecule has 1 aromatic rings. The summed E-state index contributed by atoms with van der Waals surface area (Å²) in [5.41, 5.74) is 6.46. The minimum Gasteiger partial charge on any atom is -0.492 e. The average Bonchev–Trinajstić information content (AvgIpc) is 2.48. The van der Waals surface area contributed by atoms with Gasteiger partial charge >= 0.3 is 0 Å². The van der Waals surface area contributed by atoms with Crippen LogP contribution >= 0.6 is 12.2 Å². The summed E-state index contributed by atoms with van der Waals surface area (Å²) in [7, 11) is 0. The largest absolute Gasteiger partial charge is 0.492 e. The van der Waals surface area contributed by atoms with E-state index >= 15 is 0 Å². The number of benzene rings is 1. The Hall–Kier alpha value is -1.17. The van der Waals surface area contributed by atoms with Crippen molar-refractivity contribution in [1.82, 2.24) is 4.90 Å². The Morgan fingerprint density at radius 2 is 2.33 bits per heavy atom. The highest BCUT2D eigenvalue weighted by molar-refractivity contribution is 7.80. The molecule has 5 heteroatoms. The number of aliphatic hydroxyl groups excluding tert-OH is 1. The van der Waals surface area contributed by atoms with Crippen LogP contribution in [0.25, 0.3) is 0 Å². The molecule has 0 saturated carbocycles. The lowest BCUT2D eigenvalue weighted by Crippen LogP contribution is -2.38. The lowest BCUT2D eigenvalue weighted by molar-refractivity contribution is 0.129.